The van der Waals surface area contributed by atoms with Gasteiger partial charge in [-0.05, 0) is 23.4 Å². The molecule has 1 unspecified atom stereocenters. The number of rotatable bonds is 3. The van der Waals surface area contributed by atoms with Crippen molar-refractivity contribution in [3.63, 3.8) is 0 Å². The number of aliphatic hydroxyl groups is 1. The molecule has 0 fully saturated rings. The Kier molecular flexibility index (Phi) is 3.44. The number of halogens is 1. The summed E-state index contributed by atoms with van der Waals surface area (Å²) < 4.78 is 0. The lowest BCUT2D eigenvalue weighted by Crippen LogP contribution is -2.36. The van der Waals surface area contributed by atoms with E-state index in [9.17, 15) is 5.11 Å². The van der Waals surface area contributed by atoms with Gasteiger partial charge < -0.3 is 5.11 Å². The minimum Gasteiger partial charge on any atom is -0.391 e. The van der Waals surface area contributed by atoms with Crippen LogP contribution >= 0.6 is 22.9 Å². The molecule has 1 N–H and O–H groups in total. The summed E-state index contributed by atoms with van der Waals surface area (Å²) >= 11 is 7.41. The topological polar surface area (TPSA) is 23.5 Å². The third-order valence-electron chi connectivity index (χ3n) is 2.53. The minimum atomic E-state index is -0.392. The number of hydrogen-bond acceptors (Lipinski definition) is 3. The summed E-state index contributed by atoms with van der Waals surface area (Å²) in [6.45, 7) is 2.70. The van der Waals surface area contributed by atoms with Crippen LogP contribution in [0.25, 0.3) is 0 Å². The summed E-state index contributed by atoms with van der Waals surface area (Å²) in [5.41, 5.74) is 1.42. The van der Waals surface area contributed by atoms with E-state index in [1.54, 1.807) is 0 Å². The normalized spacial score (nSPS) is 19.3. The molecule has 1 aliphatic heterocycles. The van der Waals surface area contributed by atoms with Crippen LogP contribution in [0.15, 0.2) is 11.4 Å². The van der Waals surface area contributed by atoms with E-state index in [-0.39, 0.29) is 0 Å². The van der Waals surface area contributed by atoms with Crippen LogP contribution in [0.5, 0.6) is 0 Å². The van der Waals surface area contributed by atoms with E-state index in [0.29, 0.717) is 12.4 Å². The van der Waals surface area contributed by atoms with Gasteiger partial charge in [-0.1, -0.05) is 0 Å². The molecule has 78 valence electrons. The fourth-order valence-electron chi connectivity index (χ4n) is 1.81. The minimum absolute atomic E-state index is 0.326. The van der Waals surface area contributed by atoms with Gasteiger partial charge in [-0.25, -0.2) is 0 Å². The molecular weight excluding hydrogens is 218 g/mol. The maximum atomic E-state index is 9.44. The number of hydrogen-bond donors (Lipinski definition) is 1. The molecule has 1 atom stereocenters. The first-order valence-corrected chi connectivity index (χ1v) is 6.22. The zero-order chi connectivity index (χ0) is 9.97. The SMILES string of the molecule is OC(CCl)CN1CCc2sccc2C1. The summed E-state index contributed by atoms with van der Waals surface area (Å²) in [4.78, 5) is 3.77. The van der Waals surface area contributed by atoms with Crippen molar-refractivity contribution in [3.8, 4) is 0 Å². The Balaban J connectivity index is 1.94. The molecule has 1 aromatic rings. The van der Waals surface area contributed by atoms with Gasteiger partial charge in [0, 0.05) is 30.4 Å². The number of nitrogens with zero attached hydrogens (tertiary/aromatic N) is 1. The zero-order valence-electron chi connectivity index (χ0n) is 7.95. The molecule has 2 nitrogen and oxygen atoms in total. The number of fused-ring (bicyclic) bond motifs is 1. The predicted molar refractivity (Wildman–Crippen MR) is 60.0 cm³/mol. The highest BCUT2D eigenvalue weighted by Crippen LogP contribution is 2.23. The van der Waals surface area contributed by atoms with E-state index in [1.807, 2.05) is 11.3 Å². The van der Waals surface area contributed by atoms with Crippen LogP contribution in [-0.2, 0) is 13.0 Å². The van der Waals surface area contributed by atoms with Gasteiger partial charge in [0.25, 0.3) is 0 Å². The zero-order valence-corrected chi connectivity index (χ0v) is 9.52. The average Bonchev–Trinajstić information content (AvgIpc) is 2.64. The van der Waals surface area contributed by atoms with Crippen molar-refractivity contribution in [1.82, 2.24) is 4.90 Å². The predicted octanol–water partition coefficient (Wildman–Crippen LogP) is 1.71. The first-order chi connectivity index (χ1) is 6.79. The number of aliphatic hydroxyl groups excluding tert-OH is 1. The second-order valence-corrected chi connectivity index (χ2v) is 4.97. The summed E-state index contributed by atoms with van der Waals surface area (Å²) in [5, 5.41) is 11.6. The third-order valence-corrected chi connectivity index (χ3v) is 3.91. The molecule has 2 heterocycles. The summed E-state index contributed by atoms with van der Waals surface area (Å²) in [5.74, 6) is 0.326. The third kappa shape index (κ3) is 2.28. The van der Waals surface area contributed by atoms with Crippen LogP contribution in [0.4, 0.5) is 0 Å². The second-order valence-electron chi connectivity index (χ2n) is 3.66. The van der Waals surface area contributed by atoms with E-state index in [2.05, 4.69) is 16.3 Å². The standard InChI is InChI=1S/C10H14ClNOS/c11-5-9(13)7-12-3-1-10-8(6-12)2-4-14-10/h2,4,9,13H,1,3,5-7H2. The smallest absolute Gasteiger partial charge is 0.0802 e. The lowest BCUT2D eigenvalue weighted by molar-refractivity contribution is 0.122. The molecular formula is C10H14ClNOS. The summed E-state index contributed by atoms with van der Waals surface area (Å²) in [6.07, 6.45) is 0.721. The first-order valence-electron chi connectivity index (χ1n) is 4.81. The van der Waals surface area contributed by atoms with Crippen LogP contribution in [0, 0.1) is 0 Å². The lowest BCUT2D eigenvalue weighted by Gasteiger charge is -2.28. The molecule has 0 aliphatic carbocycles. The van der Waals surface area contributed by atoms with Gasteiger partial charge in [-0.2, -0.15) is 0 Å². The van der Waals surface area contributed by atoms with Gasteiger partial charge in [-0.15, -0.1) is 22.9 Å². The molecule has 4 heteroatoms. The van der Waals surface area contributed by atoms with E-state index in [0.717, 1.165) is 19.5 Å². The van der Waals surface area contributed by atoms with Crippen molar-refractivity contribution in [1.29, 1.82) is 0 Å². The maximum absolute atomic E-state index is 9.44. The van der Waals surface area contributed by atoms with E-state index < -0.39 is 6.10 Å². The highest BCUT2D eigenvalue weighted by atomic mass is 35.5. The van der Waals surface area contributed by atoms with E-state index in [1.165, 1.54) is 10.4 Å². The molecule has 2 rings (SSSR count). The van der Waals surface area contributed by atoms with Crippen molar-refractivity contribution in [2.45, 2.75) is 19.1 Å². The van der Waals surface area contributed by atoms with Gasteiger partial charge >= 0.3 is 0 Å². The molecule has 0 aromatic carbocycles. The Labute approximate surface area is 93.1 Å². The van der Waals surface area contributed by atoms with Crippen LogP contribution < -0.4 is 0 Å². The molecule has 0 amide bonds. The van der Waals surface area contributed by atoms with E-state index >= 15 is 0 Å². The Hall–Kier alpha value is -0.0900. The van der Waals surface area contributed by atoms with Gasteiger partial charge in [0.1, 0.15) is 0 Å². The average molecular weight is 232 g/mol. The molecule has 0 spiro atoms. The molecule has 0 radical (unpaired) electrons. The Morgan fingerprint density at radius 1 is 1.64 bits per heavy atom. The van der Waals surface area contributed by atoms with Crippen LogP contribution in [-0.4, -0.2) is 35.1 Å². The fourth-order valence-corrected chi connectivity index (χ4v) is 2.80. The second kappa shape index (κ2) is 4.62. The number of alkyl halides is 1. The molecule has 1 aromatic heterocycles. The van der Waals surface area contributed by atoms with Gasteiger partial charge in [0.05, 0.1) is 6.10 Å². The van der Waals surface area contributed by atoms with Crippen LogP contribution in [0.1, 0.15) is 10.4 Å². The fraction of sp³-hybridized carbons (Fsp3) is 0.600. The van der Waals surface area contributed by atoms with Crippen molar-refractivity contribution in [2.75, 3.05) is 19.0 Å². The number of thiophene rings is 1. The lowest BCUT2D eigenvalue weighted by atomic mass is 10.1. The van der Waals surface area contributed by atoms with Gasteiger partial charge in [-0.3, -0.25) is 4.90 Å². The van der Waals surface area contributed by atoms with Crippen molar-refractivity contribution in [2.24, 2.45) is 0 Å². The number of β-amino-alcohol motifs (C(OH)–C–C–N with tert-alkyl or cyclic N) is 1. The van der Waals surface area contributed by atoms with Gasteiger partial charge in [0.2, 0.25) is 0 Å². The Morgan fingerprint density at radius 3 is 3.29 bits per heavy atom. The highest BCUT2D eigenvalue weighted by molar-refractivity contribution is 7.10. The molecule has 0 bridgehead atoms. The largest absolute Gasteiger partial charge is 0.391 e. The van der Waals surface area contributed by atoms with Crippen molar-refractivity contribution in [3.05, 3.63) is 21.9 Å². The van der Waals surface area contributed by atoms with E-state index in [4.69, 9.17) is 11.6 Å². The Morgan fingerprint density at radius 2 is 2.50 bits per heavy atom. The molecule has 14 heavy (non-hydrogen) atoms. The van der Waals surface area contributed by atoms with Crippen molar-refractivity contribution >= 4 is 22.9 Å². The highest BCUT2D eigenvalue weighted by Gasteiger charge is 2.18. The Bertz CT molecular complexity index is 302. The molecule has 0 saturated heterocycles. The van der Waals surface area contributed by atoms with Gasteiger partial charge in [0.15, 0.2) is 0 Å². The molecule has 1 aliphatic rings. The van der Waals surface area contributed by atoms with Crippen LogP contribution in [0.2, 0.25) is 0 Å². The van der Waals surface area contributed by atoms with Crippen molar-refractivity contribution < 1.29 is 5.11 Å². The monoisotopic (exact) mass is 231 g/mol. The molecule has 0 saturated carbocycles. The first kappa shape index (κ1) is 10.4. The summed E-state index contributed by atoms with van der Waals surface area (Å²) in [6, 6.07) is 2.18. The quantitative estimate of drug-likeness (QED) is 0.801. The summed E-state index contributed by atoms with van der Waals surface area (Å²) in [7, 11) is 0. The van der Waals surface area contributed by atoms with Crippen LogP contribution in [0.3, 0.4) is 0 Å². The maximum Gasteiger partial charge on any atom is 0.0802 e.